The first-order valence-corrected chi connectivity index (χ1v) is 6.56. The highest BCUT2D eigenvalue weighted by Gasteiger charge is 2.06. The highest BCUT2D eigenvalue weighted by molar-refractivity contribution is 7.80. The minimum absolute atomic E-state index is 0.746. The Labute approximate surface area is 110 Å². The van der Waals surface area contributed by atoms with Crippen molar-refractivity contribution in [2.24, 2.45) is 0 Å². The molecule has 17 heavy (non-hydrogen) atoms. The molecule has 90 valence electrons. The van der Waals surface area contributed by atoms with Crippen LogP contribution in [-0.2, 0) is 0 Å². The Hall–Kier alpha value is -1.21. The molecule has 0 aromatic heterocycles. The van der Waals surface area contributed by atoms with Crippen molar-refractivity contribution in [3.63, 3.8) is 0 Å². The lowest BCUT2D eigenvalue weighted by molar-refractivity contribution is 1.12. The number of allylic oxidation sites excluding steroid dienone is 4. The van der Waals surface area contributed by atoms with Crippen molar-refractivity contribution in [2.75, 3.05) is 5.75 Å². The van der Waals surface area contributed by atoms with Crippen LogP contribution < -0.4 is 0 Å². The summed E-state index contributed by atoms with van der Waals surface area (Å²) in [7, 11) is 0. The SMILES string of the molecule is C=C/C(CC)=C(C)\C(=C/CS)c1ccccc1. The summed E-state index contributed by atoms with van der Waals surface area (Å²) in [5, 5.41) is 0. The van der Waals surface area contributed by atoms with Crippen molar-refractivity contribution in [1.82, 2.24) is 0 Å². The molecule has 1 heteroatoms. The summed E-state index contributed by atoms with van der Waals surface area (Å²) in [5.74, 6) is 0.746. The van der Waals surface area contributed by atoms with Crippen LogP contribution in [0.5, 0.6) is 0 Å². The van der Waals surface area contributed by atoms with Gasteiger partial charge in [-0.15, -0.1) is 0 Å². The average molecular weight is 244 g/mol. The predicted octanol–water partition coefficient (Wildman–Crippen LogP) is 4.91. The number of hydrogen-bond donors (Lipinski definition) is 1. The molecule has 0 aliphatic rings. The molecular formula is C16H20S. The van der Waals surface area contributed by atoms with Crippen LogP contribution in [-0.4, -0.2) is 5.75 Å². The summed E-state index contributed by atoms with van der Waals surface area (Å²) >= 11 is 4.31. The molecule has 0 saturated carbocycles. The summed E-state index contributed by atoms with van der Waals surface area (Å²) < 4.78 is 0. The van der Waals surface area contributed by atoms with Crippen LogP contribution in [0.3, 0.4) is 0 Å². The Balaban J connectivity index is 3.25. The van der Waals surface area contributed by atoms with Crippen LogP contribution in [0.2, 0.25) is 0 Å². The van der Waals surface area contributed by atoms with E-state index in [0.29, 0.717) is 0 Å². The minimum Gasteiger partial charge on any atom is -0.175 e. The topological polar surface area (TPSA) is 0 Å². The van der Waals surface area contributed by atoms with Crippen LogP contribution in [0.25, 0.3) is 5.57 Å². The fourth-order valence-electron chi connectivity index (χ4n) is 1.93. The molecule has 0 bridgehead atoms. The highest BCUT2D eigenvalue weighted by Crippen LogP contribution is 2.27. The summed E-state index contributed by atoms with van der Waals surface area (Å²) in [6, 6.07) is 10.4. The van der Waals surface area contributed by atoms with Gasteiger partial charge in [0.15, 0.2) is 0 Å². The van der Waals surface area contributed by atoms with Crippen LogP contribution in [0.1, 0.15) is 25.8 Å². The van der Waals surface area contributed by atoms with E-state index in [0.717, 1.165) is 12.2 Å². The van der Waals surface area contributed by atoms with Gasteiger partial charge in [-0.05, 0) is 35.6 Å². The first kappa shape index (κ1) is 13.9. The molecule has 1 rings (SSSR count). The van der Waals surface area contributed by atoms with Gasteiger partial charge in [0.25, 0.3) is 0 Å². The molecular weight excluding hydrogens is 224 g/mol. The van der Waals surface area contributed by atoms with E-state index in [1.54, 1.807) is 0 Å². The Morgan fingerprint density at radius 1 is 1.29 bits per heavy atom. The number of thiol groups is 1. The lowest BCUT2D eigenvalue weighted by Gasteiger charge is -2.12. The maximum Gasteiger partial charge on any atom is 0.00918 e. The van der Waals surface area contributed by atoms with Gasteiger partial charge in [0, 0.05) is 5.75 Å². The van der Waals surface area contributed by atoms with Gasteiger partial charge in [-0.1, -0.05) is 56.0 Å². The van der Waals surface area contributed by atoms with E-state index in [-0.39, 0.29) is 0 Å². The van der Waals surface area contributed by atoms with E-state index in [4.69, 9.17) is 0 Å². The van der Waals surface area contributed by atoms with E-state index in [9.17, 15) is 0 Å². The van der Waals surface area contributed by atoms with Crippen molar-refractivity contribution in [2.45, 2.75) is 20.3 Å². The molecule has 0 radical (unpaired) electrons. The fraction of sp³-hybridized carbons (Fsp3) is 0.250. The monoisotopic (exact) mass is 244 g/mol. The zero-order chi connectivity index (χ0) is 12.7. The van der Waals surface area contributed by atoms with E-state index in [2.05, 4.69) is 63.4 Å². The van der Waals surface area contributed by atoms with Gasteiger partial charge in [0.2, 0.25) is 0 Å². The Kier molecular flexibility index (Phi) is 5.85. The van der Waals surface area contributed by atoms with Gasteiger partial charge in [0.05, 0.1) is 0 Å². The largest absolute Gasteiger partial charge is 0.175 e. The summed E-state index contributed by atoms with van der Waals surface area (Å²) in [5.41, 5.74) is 5.09. The zero-order valence-electron chi connectivity index (χ0n) is 10.6. The van der Waals surface area contributed by atoms with Gasteiger partial charge < -0.3 is 0 Å². The molecule has 0 amide bonds. The molecule has 0 atom stereocenters. The molecule has 0 saturated heterocycles. The average Bonchev–Trinajstić information content (AvgIpc) is 2.38. The molecule has 0 unspecified atom stereocenters. The van der Waals surface area contributed by atoms with Crippen LogP contribution in [0.4, 0.5) is 0 Å². The minimum atomic E-state index is 0.746. The van der Waals surface area contributed by atoms with Gasteiger partial charge in [-0.25, -0.2) is 0 Å². The number of rotatable bonds is 5. The zero-order valence-corrected chi connectivity index (χ0v) is 11.5. The normalized spacial score (nSPS) is 13.2. The molecule has 1 aromatic carbocycles. The van der Waals surface area contributed by atoms with Crippen LogP contribution in [0, 0.1) is 0 Å². The Morgan fingerprint density at radius 3 is 2.41 bits per heavy atom. The van der Waals surface area contributed by atoms with Crippen molar-refractivity contribution >= 4 is 18.2 Å². The smallest absolute Gasteiger partial charge is 0.00918 e. The molecule has 0 N–H and O–H groups in total. The van der Waals surface area contributed by atoms with E-state index in [1.165, 1.54) is 22.3 Å². The van der Waals surface area contributed by atoms with E-state index < -0.39 is 0 Å². The third-order valence-corrected chi connectivity index (χ3v) is 3.08. The summed E-state index contributed by atoms with van der Waals surface area (Å²) in [4.78, 5) is 0. The standard InChI is InChI=1S/C16H20S/c1-4-14(5-2)13(3)16(11-12-17)15-9-7-6-8-10-15/h4,6-11,17H,1,5,12H2,2-3H3/b14-13+,16-11+. The third-order valence-electron chi connectivity index (χ3n) is 2.89. The molecule has 0 nitrogen and oxygen atoms in total. The van der Waals surface area contributed by atoms with Gasteiger partial charge in [-0.3, -0.25) is 0 Å². The Bertz CT molecular complexity index is 424. The van der Waals surface area contributed by atoms with Crippen molar-refractivity contribution < 1.29 is 0 Å². The van der Waals surface area contributed by atoms with Gasteiger partial charge >= 0.3 is 0 Å². The first-order chi connectivity index (χ1) is 8.24. The third kappa shape index (κ3) is 3.64. The van der Waals surface area contributed by atoms with Gasteiger partial charge in [0.1, 0.15) is 0 Å². The molecule has 0 fully saturated rings. The maximum atomic E-state index is 4.31. The molecule has 1 aromatic rings. The van der Waals surface area contributed by atoms with E-state index in [1.807, 2.05) is 12.1 Å². The maximum absolute atomic E-state index is 4.31. The quantitative estimate of drug-likeness (QED) is 0.552. The molecule has 0 aliphatic heterocycles. The van der Waals surface area contributed by atoms with Crippen molar-refractivity contribution in [3.8, 4) is 0 Å². The second-order valence-corrected chi connectivity index (χ2v) is 4.24. The molecule has 0 aliphatic carbocycles. The number of benzene rings is 1. The Morgan fingerprint density at radius 2 is 1.94 bits per heavy atom. The fourth-order valence-corrected chi connectivity index (χ4v) is 2.11. The first-order valence-electron chi connectivity index (χ1n) is 5.93. The summed E-state index contributed by atoms with van der Waals surface area (Å²) in [6.45, 7) is 8.20. The van der Waals surface area contributed by atoms with Gasteiger partial charge in [-0.2, -0.15) is 12.6 Å². The highest BCUT2D eigenvalue weighted by atomic mass is 32.1. The second kappa shape index (κ2) is 7.18. The number of hydrogen-bond acceptors (Lipinski definition) is 1. The molecule has 0 spiro atoms. The lowest BCUT2D eigenvalue weighted by atomic mass is 9.94. The van der Waals surface area contributed by atoms with Crippen LogP contribution >= 0.6 is 12.6 Å². The van der Waals surface area contributed by atoms with Crippen molar-refractivity contribution in [1.29, 1.82) is 0 Å². The summed E-state index contributed by atoms with van der Waals surface area (Å²) in [6.07, 6.45) is 5.11. The van der Waals surface area contributed by atoms with E-state index >= 15 is 0 Å². The second-order valence-electron chi connectivity index (χ2n) is 3.87. The molecule has 0 heterocycles. The van der Waals surface area contributed by atoms with Crippen LogP contribution in [0.15, 0.2) is 60.2 Å². The van der Waals surface area contributed by atoms with Crippen molar-refractivity contribution in [3.05, 3.63) is 65.8 Å². The lowest BCUT2D eigenvalue weighted by Crippen LogP contribution is -1.91. The predicted molar refractivity (Wildman–Crippen MR) is 81.5 cm³/mol.